The standard InChI is InChI=1S/C13H18N3/c1-11-4-5-14-12(10-11)13(15-6-2-7-15)16-8-3-9-16/h4-5,10H,2-3,6-9H2,1H3/q+1. The Labute approximate surface area is 96.4 Å². The van der Waals surface area contributed by atoms with E-state index in [0.717, 1.165) is 5.69 Å². The van der Waals surface area contributed by atoms with Crippen LogP contribution in [0.15, 0.2) is 18.3 Å². The van der Waals surface area contributed by atoms with Gasteiger partial charge in [-0.05, 0) is 24.6 Å². The zero-order valence-electron chi connectivity index (χ0n) is 9.82. The Morgan fingerprint density at radius 1 is 1.31 bits per heavy atom. The first-order chi connectivity index (χ1) is 7.84. The van der Waals surface area contributed by atoms with Gasteiger partial charge in [0.05, 0.1) is 26.2 Å². The molecule has 3 rings (SSSR count). The van der Waals surface area contributed by atoms with Gasteiger partial charge >= 0.3 is 0 Å². The second kappa shape index (κ2) is 3.89. The number of rotatable bonds is 1. The molecule has 3 heteroatoms. The van der Waals surface area contributed by atoms with E-state index < -0.39 is 0 Å². The third-order valence-corrected chi connectivity index (χ3v) is 3.46. The molecule has 0 saturated carbocycles. The molecule has 0 amide bonds. The zero-order valence-corrected chi connectivity index (χ0v) is 9.82. The van der Waals surface area contributed by atoms with Gasteiger partial charge in [0.25, 0.3) is 5.84 Å². The first-order valence-corrected chi connectivity index (χ1v) is 6.14. The lowest BCUT2D eigenvalue weighted by atomic mass is 10.1. The summed E-state index contributed by atoms with van der Waals surface area (Å²) in [6.07, 6.45) is 4.57. The van der Waals surface area contributed by atoms with Crippen LogP contribution in [0.3, 0.4) is 0 Å². The highest BCUT2D eigenvalue weighted by molar-refractivity contribution is 5.93. The minimum absolute atomic E-state index is 1.15. The summed E-state index contributed by atoms with van der Waals surface area (Å²) in [5.41, 5.74) is 2.45. The van der Waals surface area contributed by atoms with Crippen LogP contribution >= 0.6 is 0 Å². The maximum atomic E-state index is 4.53. The summed E-state index contributed by atoms with van der Waals surface area (Å²) in [5.74, 6) is 1.36. The average molecular weight is 216 g/mol. The van der Waals surface area contributed by atoms with E-state index in [0.29, 0.717) is 0 Å². The number of likely N-dealkylation sites (tertiary alicyclic amines) is 1. The molecule has 0 aromatic carbocycles. The van der Waals surface area contributed by atoms with Gasteiger partial charge in [0.2, 0.25) is 0 Å². The molecule has 0 atom stereocenters. The lowest BCUT2D eigenvalue weighted by Gasteiger charge is -2.31. The molecular weight excluding hydrogens is 198 g/mol. The number of nitrogens with zero attached hydrogens (tertiary/aromatic N) is 3. The molecule has 0 bridgehead atoms. The highest BCUT2D eigenvalue weighted by Crippen LogP contribution is 2.15. The van der Waals surface area contributed by atoms with E-state index in [1.807, 2.05) is 6.20 Å². The van der Waals surface area contributed by atoms with E-state index in [4.69, 9.17) is 0 Å². The molecule has 0 radical (unpaired) electrons. The van der Waals surface area contributed by atoms with Gasteiger partial charge in [-0.3, -0.25) is 9.48 Å². The van der Waals surface area contributed by atoms with E-state index in [1.54, 1.807) is 0 Å². The van der Waals surface area contributed by atoms with E-state index in [9.17, 15) is 0 Å². The fourth-order valence-electron chi connectivity index (χ4n) is 2.24. The largest absolute Gasteiger partial charge is 0.298 e. The van der Waals surface area contributed by atoms with E-state index >= 15 is 0 Å². The molecule has 0 spiro atoms. The zero-order chi connectivity index (χ0) is 11.0. The van der Waals surface area contributed by atoms with Crippen LogP contribution in [-0.2, 0) is 0 Å². The fraction of sp³-hybridized carbons (Fsp3) is 0.538. The van der Waals surface area contributed by atoms with Crippen LogP contribution in [0.1, 0.15) is 24.1 Å². The smallest absolute Gasteiger partial charge is 0.260 e. The lowest BCUT2D eigenvalue weighted by molar-refractivity contribution is -0.587. The molecule has 0 N–H and O–H groups in total. The molecule has 84 valence electrons. The van der Waals surface area contributed by atoms with Crippen molar-refractivity contribution >= 4 is 5.84 Å². The number of hydrogen-bond donors (Lipinski definition) is 0. The Balaban J connectivity index is 1.99. The Kier molecular flexibility index (Phi) is 2.39. The molecule has 2 fully saturated rings. The van der Waals surface area contributed by atoms with Gasteiger partial charge in [0, 0.05) is 19.0 Å². The Hall–Kier alpha value is -1.38. The Morgan fingerprint density at radius 2 is 2.12 bits per heavy atom. The third-order valence-electron chi connectivity index (χ3n) is 3.46. The molecule has 3 heterocycles. The fourth-order valence-corrected chi connectivity index (χ4v) is 2.24. The summed E-state index contributed by atoms with van der Waals surface area (Å²) in [7, 11) is 0. The summed E-state index contributed by atoms with van der Waals surface area (Å²) in [5, 5.41) is 0. The van der Waals surface area contributed by atoms with Crippen molar-refractivity contribution in [2.75, 3.05) is 26.2 Å². The molecule has 2 saturated heterocycles. The number of amidine groups is 1. The van der Waals surface area contributed by atoms with Crippen LogP contribution in [0, 0.1) is 6.92 Å². The van der Waals surface area contributed by atoms with Crippen molar-refractivity contribution in [1.82, 2.24) is 9.88 Å². The number of aromatic nitrogens is 1. The van der Waals surface area contributed by atoms with Crippen molar-refractivity contribution in [3.05, 3.63) is 29.6 Å². The molecule has 3 nitrogen and oxygen atoms in total. The Bertz CT molecular complexity index is 427. The van der Waals surface area contributed by atoms with Crippen LogP contribution in [-0.4, -0.2) is 46.5 Å². The number of hydrogen-bond acceptors (Lipinski definition) is 1. The van der Waals surface area contributed by atoms with Crippen LogP contribution < -0.4 is 0 Å². The molecule has 1 aromatic rings. The number of aryl methyl sites for hydroxylation is 1. The Morgan fingerprint density at radius 3 is 2.62 bits per heavy atom. The van der Waals surface area contributed by atoms with Crippen molar-refractivity contribution in [2.45, 2.75) is 19.8 Å². The summed E-state index contributed by atoms with van der Waals surface area (Å²) in [6.45, 7) is 6.92. The van der Waals surface area contributed by atoms with Gasteiger partial charge in [-0.2, -0.15) is 0 Å². The summed E-state index contributed by atoms with van der Waals surface area (Å²) >= 11 is 0. The van der Waals surface area contributed by atoms with Crippen molar-refractivity contribution < 1.29 is 4.58 Å². The van der Waals surface area contributed by atoms with Gasteiger partial charge in [0.1, 0.15) is 0 Å². The molecule has 2 aliphatic rings. The SMILES string of the molecule is Cc1ccnc(C(N2CCC2)=[N+]2CCC2)c1. The molecular formula is C13H18N3+. The maximum absolute atomic E-state index is 4.53. The first kappa shape index (κ1) is 9.82. The topological polar surface area (TPSA) is 19.1 Å². The van der Waals surface area contributed by atoms with Gasteiger partial charge in [0.15, 0.2) is 5.69 Å². The second-order valence-electron chi connectivity index (χ2n) is 4.72. The van der Waals surface area contributed by atoms with Crippen molar-refractivity contribution in [3.8, 4) is 0 Å². The minimum atomic E-state index is 1.15. The van der Waals surface area contributed by atoms with Crippen molar-refractivity contribution in [2.24, 2.45) is 0 Å². The van der Waals surface area contributed by atoms with Crippen molar-refractivity contribution in [1.29, 1.82) is 0 Å². The van der Waals surface area contributed by atoms with Crippen LogP contribution in [0.25, 0.3) is 0 Å². The third kappa shape index (κ3) is 1.60. The summed E-state index contributed by atoms with van der Waals surface area (Å²) in [6, 6.07) is 4.26. The van der Waals surface area contributed by atoms with Crippen LogP contribution in [0.4, 0.5) is 0 Å². The molecule has 1 aromatic heterocycles. The van der Waals surface area contributed by atoms with Gasteiger partial charge in [-0.15, -0.1) is 0 Å². The first-order valence-electron chi connectivity index (χ1n) is 6.14. The van der Waals surface area contributed by atoms with Gasteiger partial charge in [-0.25, -0.2) is 4.98 Å². The predicted molar refractivity (Wildman–Crippen MR) is 63.9 cm³/mol. The molecule has 0 unspecified atom stereocenters. The quantitative estimate of drug-likeness (QED) is 0.520. The lowest BCUT2D eigenvalue weighted by Crippen LogP contribution is -2.50. The van der Waals surface area contributed by atoms with Gasteiger partial charge in [-0.1, -0.05) is 0 Å². The monoisotopic (exact) mass is 216 g/mol. The number of pyridine rings is 1. The predicted octanol–water partition coefficient (Wildman–Crippen LogP) is 1.26. The summed E-state index contributed by atoms with van der Waals surface area (Å²) in [4.78, 5) is 6.98. The normalized spacial score (nSPS) is 19.1. The highest BCUT2D eigenvalue weighted by atomic mass is 15.3. The summed E-state index contributed by atoms with van der Waals surface area (Å²) < 4.78 is 2.46. The second-order valence-corrected chi connectivity index (χ2v) is 4.72. The van der Waals surface area contributed by atoms with E-state index in [1.165, 1.54) is 50.4 Å². The minimum Gasteiger partial charge on any atom is -0.260 e. The van der Waals surface area contributed by atoms with Crippen LogP contribution in [0.2, 0.25) is 0 Å². The molecule has 16 heavy (non-hydrogen) atoms. The van der Waals surface area contributed by atoms with Gasteiger partial charge < -0.3 is 0 Å². The maximum Gasteiger partial charge on any atom is 0.298 e. The molecule has 0 aliphatic carbocycles. The highest BCUT2D eigenvalue weighted by Gasteiger charge is 2.33. The molecule has 2 aliphatic heterocycles. The van der Waals surface area contributed by atoms with Crippen LogP contribution in [0.5, 0.6) is 0 Å². The average Bonchev–Trinajstić information content (AvgIpc) is 2.11. The van der Waals surface area contributed by atoms with E-state index in [-0.39, 0.29) is 0 Å². The van der Waals surface area contributed by atoms with Crippen molar-refractivity contribution in [3.63, 3.8) is 0 Å². The van der Waals surface area contributed by atoms with E-state index in [2.05, 4.69) is 33.5 Å².